The summed E-state index contributed by atoms with van der Waals surface area (Å²) in [6, 6.07) is 3.20. The van der Waals surface area contributed by atoms with Crippen LogP contribution in [0.4, 0.5) is 4.79 Å². The summed E-state index contributed by atoms with van der Waals surface area (Å²) in [5, 5.41) is 9.72. The van der Waals surface area contributed by atoms with E-state index >= 15 is 0 Å². The first-order chi connectivity index (χ1) is 12.2. The van der Waals surface area contributed by atoms with Gasteiger partial charge in [0.1, 0.15) is 6.54 Å². The molecule has 0 spiro atoms. The first-order valence-corrected chi connectivity index (χ1v) is 9.44. The van der Waals surface area contributed by atoms with E-state index in [1.54, 1.807) is 32.9 Å². The van der Waals surface area contributed by atoms with Crippen molar-refractivity contribution in [2.45, 2.75) is 26.9 Å². The Morgan fingerprint density at radius 1 is 1.38 bits per heavy atom. The van der Waals surface area contributed by atoms with Crippen LogP contribution in [0.2, 0.25) is 0 Å². The van der Waals surface area contributed by atoms with Crippen molar-refractivity contribution in [2.75, 3.05) is 13.2 Å². The Hall–Kier alpha value is -2.00. The number of thioether (sulfide) groups is 1. The number of phenols is 1. The van der Waals surface area contributed by atoms with Crippen molar-refractivity contribution in [1.29, 1.82) is 0 Å². The molecule has 2 rings (SSSR count). The highest BCUT2D eigenvalue weighted by molar-refractivity contribution is 9.10. The lowest BCUT2D eigenvalue weighted by molar-refractivity contribution is -0.149. The number of halogens is 1. The second kappa shape index (κ2) is 8.59. The summed E-state index contributed by atoms with van der Waals surface area (Å²) in [7, 11) is 0. The molecule has 1 heterocycles. The molecule has 1 aromatic rings. The maximum Gasteiger partial charge on any atom is 0.326 e. The van der Waals surface area contributed by atoms with Gasteiger partial charge in [-0.1, -0.05) is 15.9 Å². The molecule has 0 bridgehead atoms. The van der Waals surface area contributed by atoms with Gasteiger partial charge < -0.3 is 14.6 Å². The zero-order chi connectivity index (χ0) is 19.4. The minimum Gasteiger partial charge on any atom is -0.504 e. The van der Waals surface area contributed by atoms with Crippen molar-refractivity contribution in [2.24, 2.45) is 0 Å². The molecule has 7 nitrogen and oxygen atoms in total. The van der Waals surface area contributed by atoms with E-state index in [2.05, 4.69) is 15.9 Å². The third-order valence-corrected chi connectivity index (χ3v) is 4.55. The SMILES string of the molecule is CCOc1cc(Br)cc(/C=C2\SC(=O)N(CC(=O)OC(C)C)C2=O)c1O. The number of carbonyl (C=O) groups is 3. The summed E-state index contributed by atoms with van der Waals surface area (Å²) >= 11 is 4.01. The summed E-state index contributed by atoms with van der Waals surface area (Å²) in [5.74, 6) is -1.15. The average Bonchev–Trinajstić information content (AvgIpc) is 2.79. The first-order valence-electron chi connectivity index (χ1n) is 7.83. The lowest BCUT2D eigenvalue weighted by Gasteiger charge is -2.13. The van der Waals surface area contributed by atoms with Crippen LogP contribution >= 0.6 is 27.7 Å². The number of hydrogen-bond acceptors (Lipinski definition) is 7. The Bertz CT molecular complexity index is 777. The number of imide groups is 1. The fraction of sp³-hybridized carbons (Fsp3) is 0.353. The van der Waals surface area contributed by atoms with Crippen LogP contribution in [0.1, 0.15) is 26.3 Å². The zero-order valence-electron chi connectivity index (χ0n) is 14.4. The molecule has 0 unspecified atom stereocenters. The van der Waals surface area contributed by atoms with Gasteiger partial charge in [0, 0.05) is 10.0 Å². The van der Waals surface area contributed by atoms with Gasteiger partial charge in [0.2, 0.25) is 0 Å². The van der Waals surface area contributed by atoms with Crippen LogP contribution in [0.25, 0.3) is 6.08 Å². The van der Waals surface area contributed by atoms with Gasteiger partial charge in [-0.05, 0) is 50.7 Å². The molecule has 1 aliphatic rings. The summed E-state index contributed by atoms with van der Waals surface area (Å²) in [6.45, 7) is 5.05. The van der Waals surface area contributed by atoms with Crippen LogP contribution in [0, 0.1) is 0 Å². The fourth-order valence-corrected chi connectivity index (χ4v) is 3.46. The third-order valence-electron chi connectivity index (χ3n) is 3.18. The van der Waals surface area contributed by atoms with Gasteiger partial charge in [-0.15, -0.1) is 0 Å². The van der Waals surface area contributed by atoms with Crippen LogP contribution in [0.3, 0.4) is 0 Å². The Balaban J connectivity index is 2.26. The molecular weight excluding hydrogens is 426 g/mol. The van der Waals surface area contributed by atoms with Gasteiger partial charge in [0.05, 0.1) is 17.6 Å². The number of hydrogen-bond donors (Lipinski definition) is 1. The monoisotopic (exact) mass is 443 g/mol. The van der Waals surface area contributed by atoms with Crippen molar-refractivity contribution in [3.05, 3.63) is 27.1 Å². The number of amides is 2. The standard InChI is InChI=1S/C17H18BrNO6S/c1-4-24-12-7-11(18)5-10(15(12)21)6-13-16(22)19(17(23)26-13)8-14(20)25-9(2)3/h5-7,9,21H,4,8H2,1-3H3/b13-6-. The number of esters is 1. The largest absolute Gasteiger partial charge is 0.504 e. The molecule has 0 aromatic heterocycles. The van der Waals surface area contributed by atoms with Crippen molar-refractivity contribution in [3.63, 3.8) is 0 Å². The summed E-state index contributed by atoms with van der Waals surface area (Å²) in [6.07, 6.45) is 1.05. The van der Waals surface area contributed by atoms with Crippen LogP contribution in [0.5, 0.6) is 11.5 Å². The zero-order valence-corrected chi connectivity index (χ0v) is 16.8. The third kappa shape index (κ3) is 4.79. The number of ether oxygens (including phenoxy) is 2. The first kappa shape index (κ1) is 20.3. The molecule has 140 valence electrons. The van der Waals surface area contributed by atoms with Crippen LogP contribution in [0.15, 0.2) is 21.5 Å². The molecule has 1 aromatic carbocycles. The molecule has 0 aliphatic carbocycles. The highest BCUT2D eigenvalue weighted by atomic mass is 79.9. The maximum atomic E-state index is 12.4. The van der Waals surface area contributed by atoms with Crippen molar-refractivity contribution in [1.82, 2.24) is 4.90 Å². The van der Waals surface area contributed by atoms with E-state index in [9.17, 15) is 19.5 Å². The second-order valence-electron chi connectivity index (χ2n) is 5.58. The van der Waals surface area contributed by atoms with Crippen LogP contribution < -0.4 is 4.74 Å². The summed E-state index contributed by atoms with van der Waals surface area (Å²) in [5.41, 5.74) is 0.318. The normalized spacial score (nSPS) is 15.9. The molecule has 26 heavy (non-hydrogen) atoms. The van der Waals surface area contributed by atoms with Crippen LogP contribution in [-0.4, -0.2) is 46.4 Å². The Morgan fingerprint density at radius 2 is 2.08 bits per heavy atom. The molecule has 1 saturated heterocycles. The molecule has 2 amide bonds. The number of benzene rings is 1. The number of aromatic hydroxyl groups is 1. The van der Waals surface area contributed by atoms with E-state index in [-0.39, 0.29) is 22.5 Å². The Morgan fingerprint density at radius 3 is 2.69 bits per heavy atom. The maximum absolute atomic E-state index is 12.4. The lowest BCUT2D eigenvalue weighted by Crippen LogP contribution is -2.35. The molecule has 0 saturated carbocycles. The number of rotatable bonds is 6. The molecule has 0 radical (unpaired) electrons. The van der Waals surface area contributed by atoms with E-state index in [0.29, 0.717) is 28.4 Å². The predicted molar refractivity (Wildman–Crippen MR) is 101 cm³/mol. The van der Waals surface area contributed by atoms with Gasteiger partial charge >= 0.3 is 5.97 Å². The minimum atomic E-state index is -0.660. The molecule has 1 N–H and O–H groups in total. The highest BCUT2D eigenvalue weighted by Crippen LogP contribution is 2.38. The van der Waals surface area contributed by atoms with Crippen LogP contribution in [-0.2, 0) is 14.3 Å². The lowest BCUT2D eigenvalue weighted by atomic mass is 10.1. The van der Waals surface area contributed by atoms with Crippen molar-refractivity contribution < 1.29 is 29.0 Å². The van der Waals surface area contributed by atoms with Gasteiger partial charge in [0.15, 0.2) is 11.5 Å². The smallest absolute Gasteiger partial charge is 0.326 e. The quantitative estimate of drug-likeness (QED) is 0.530. The Labute approximate surface area is 163 Å². The van der Waals surface area contributed by atoms with Gasteiger partial charge in [0.25, 0.3) is 11.1 Å². The highest BCUT2D eigenvalue weighted by Gasteiger charge is 2.37. The van der Waals surface area contributed by atoms with Gasteiger partial charge in [-0.2, -0.15) is 0 Å². The second-order valence-corrected chi connectivity index (χ2v) is 7.49. The predicted octanol–water partition coefficient (Wildman–Crippen LogP) is 3.54. The van der Waals surface area contributed by atoms with E-state index in [1.807, 2.05) is 0 Å². The van der Waals surface area contributed by atoms with Crippen molar-refractivity contribution in [3.8, 4) is 11.5 Å². The van der Waals surface area contributed by atoms with E-state index in [1.165, 1.54) is 6.08 Å². The molecule has 1 aliphatic heterocycles. The molecule has 9 heteroatoms. The molecule has 1 fully saturated rings. The molecular formula is C17H18BrNO6S. The average molecular weight is 444 g/mol. The topological polar surface area (TPSA) is 93.1 Å². The number of phenolic OH excluding ortho intramolecular Hbond substituents is 1. The minimum absolute atomic E-state index is 0.100. The van der Waals surface area contributed by atoms with Gasteiger partial charge in [-0.25, -0.2) is 0 Å². The molecule has 0 atom stereocenters. The summed E-state index contributed by atoms with van der Waals surface area (Å²) in [4.78, 5) is 37.1. The van der Waals surface area contributed by atoms with Crippen molar-refractivity contribution >= 4 is 50.9 Å². The van der Waals surface area contributed by atoms with E-state index < -0.39 is 23.7 Å². The van der Waals surface area contributed by atoms with Gasteiger partial charge in [-0.3, -0.25) is 19.3 Å². The van der Waals surface area contributed by atoms with E-state index in [4.69, 9.17) is 9.47 Å². The number of nitrogens with zero attached hydrogens (tertiary/aromatic N) is 1. The summed E-state index contributed by atoms with van der Waals surface area (Å²) < 4.78 is 10.9. The fourth-order valence-electron chi connectivity index (χ4n) is 2.18. The van der Waals surface area contributed by atoms with E-state index in [0.717, 1.165) is 4.90 Å². The number of carbonyl (C=O) groups excluding carboxylic acids is 3. The Kier molecular flexibility index (Phi) is 6.71.